The number of hydrogen-bond donors (Lipinski definition) is 0. The van der Waals surface area contributed by atoms with Crippen LogP contribution in [0.5, 0.6) is 5.75 Å². The zero-order chi connectivity index (χ0) is 15.2. The van der Waals surface area contributed by atoms with Gasteiger partial charge in [0, 0.05) is 12.1 Å². The monoisotopic (exact) mass is 304 g/mol. The van der Waals surface area contributed by atoms with E-state index in [-0.39, 0.29) is 11.4 Å². The zero-order valence-electron chi connectivity index (χ0n) is 10.7. The molecule has 21 heavy (non-hydrogen) atoms. The first-order valence-corrected chi connectivity index (χ1v) is 6.85. The number of benzene rings is 2. The molecule has 7 heteroatoms. The quantitative estimate of drug-likeness (QED) is 0.366. The third kappa shape index (κ3) is 4.51. The highest BCUT2D eigenvalue weighted by Gasteiger charge is 2.02. The molecule has 0 heterocycles. The van der Waals surface area contributed by atoms with Gasteiger partial charge >= 0.3 is 0 Å². The molecule has 0 amide bonds. The van der Waals surface area contributed by atoms with E-state index >= 15 is 0 Å². The highest BCUT2D eigenvalue weighted by molar-refractivity contribution is 7.74. The number of hydrogen-bond acceptors (Lipinski definition) is 5. The summed E-state index contributed by atoms with van der Waals surface area (Å²) >= 11 is -2.59. The fourth-order valence-corrected chi connectivity index (χ4v) is 1.88. The minimum absolute atomic E-state index is 0.0410. The largest absolute Gasteiger partial charge is 0.740 e. The van der Waals surface area contributed by atoms with Crippen LogP contribution < -0.4 is 4.18 Å². The normalized spacial score (nSPS) is 12.2. The van der Waals surface area contributed by atoms with Gasteiger partial charge in [0.05, 0.1) is 4.92 Å². The smallest absolute Gasteiger partial charge is 0.269 e. The number of nitro groups is 1. The standard InChI is InChI=1S/C14H11NO5S/c16-15(17)13-7-3-11(4-8-13)1-2-12-5-9-14(10-6-12)20-21(18)19/h1-10H,(H,18,19)/p-1. The van der Waals surface area contributed by atoms with Crippen LogP contribution in [-0.4, -0.2) is 13.7 Å². The Labute approximate surface area is 123 Å². The van der Waals surface area contributed by atoms with Crippen LogP contribution >= 0.6 is 0 Å². The number of nitro benzene ring substituents is 1. The van der Waals surface area contributed by atoms with Crippen LogP contribution in [0.15, 0.2) is 48.5 Å². The molecule has 1 unspecified atom stereocenters. The summed E-state index contributed by atoms with van der Waals surface area (Å²) in [6.07, 6.45) is 3.60. The first-order chi connectivity index (χ1) is 10.0. The lowest BCUT2D eigenvalue weighted by Gasteiger charge is -2.06. The van der Waals surface area contributed by atoms with E-state index in [1.54, 1.807) is 36.4 Å². The molecule has 0 aliphatic heterocycles. The van der Waals surface area contributed by atoms with E-state index in [1.807, 2.05) is 0 Å². The van der Waals surface area contributed by atoms with Gasteiger partial charge in [-0.1, -0.05) is 24.3 Å². The molecule has 0 aliphatic carbocycles. The molecule has 0 radical (unpaired) electrons. The van der Waals surface area contributed by atoms with Crippen molar-refractivity contribution in [2.24, 2.45) is 0 Å². The number of nitrogens with zero attached hydrogens (tertiary/aromatic N) is 1. The second-order valence-electron chi connectivity index (χ2n) is 4.04. The maximum absolute atomic E-state index is 10.5. The lowest BCUT2D eigenvalue weighted by Crippen LogP contribution is -1.97. The van der Waals surface area contributed by atoms with Crippen LogP contribution in [0.3, 0.4) is 0 Å². The van der Waals surface area contributed by atoms with Crippen LogP contribution in [-0.2, 0) is 11.4 Å². The van der Waals surface area contributed by atoms with Crippen LogP contribution in [0.2, 0.25) is 0 Å². The molecule has 0 saturated heterocycles. The lowest BCUT2D eigenvalue weighted by atomic mass is 10.1. The molecule has 0 spiro atoms. The maximum Gasteiger partial charge on any atom is 0.269 e. The van der Waals surface area contributed by atoms with Gasteiger partial charge in [-0.25, -0.2) is 4.21 Å². The molecule has 2 aromatic carbocycles. The number of non-ortho nitro benzene ring substituents is 1. The maximum atomic E-state index is 10.5. The average molecular weight is 304 g/mol. The Morgan fingerprint density at radius 2 is 1.43 bits per heavy atom. The molecule has 2 aromatic rings. The molecule has 0 bridgehead atoms. The minimum Gasteiger partial charge on any atom is -0.740 e. The lowest BCUT2D eigenvalue weighted by molar-refractivity contribution is -0.384. The Bertz CT molecular complexity index is 680. The third-order valence-corrected chi connectivity index (χ3v) is 2.95. The molecule has 0 fully saturated rings. The minimum atomic E-state index is -2.59. The first-order valence-electron chi connectivity index (χ1n) is 5.85. The summed E-state index contributed by atoms with van der Waals surface area (Å²) in [5, 5.41) is 10.5. The summed E-state index contributed by atoms with van der Waals surface area (Å²) in [6.45, 7) is 0. The summed E-state index contributed by atoms with van der Waals surface area (Å²) in [7, 11) is 0. The zero-order valence-corrected chi connectivity index (χ0v) is 11.5. The van der Waals surface area contributed by atoms with E-state index in [0.29, 0.717) is 0 Å². The van der Waals surface area contributed by atoms with Crippen molar-refractivity contribution in [1.29, 1.82) is 0 Å². The van der Waals surface area contributed by atoms with Gasteiger partial charge in [0.15, 0.2) is 0 Å². The highest BCUT2D eigenvalue weighted by atomic mass is 32.2. The molecule has 6 nitrogen and oxygen atoms in total. The van der Waals surface area contributed by atoms with Crippen molar-refractivity contribution in [3.05, 3.63) is 69.8 Å². The number of rotatable bonds is 5. The Morgan fingerprint density at radius 1 is 0.952 bits per heavy atom. The average Bonchev–Trinajstić information content (AvgIpc) is 2.46. The summed E-state index contributed by atoms with van der Waals surface area (Å²) in [6, 6.07) is 12.6. The highest BCUT2D eigenvalue weighted by Crippen LogP contribution is 2.16. The van der Waals surface area contributed by atoms with Crippen LogP contribution in [0.4, 0.5) is 5.69 Å². The van der Waals surface area contributed by atoms with Gasteiger partial charge in [-0.2, -0.15) is 0 Å². The SMILES string of the molecule is O=[N+]([O-])c1ccc(C=Cc2ccc(OS(=O)[O-])cc2)cc1. The fraction of sp³-hybridized carbons (Fsp3) is 0. The van der Waals surface area contributed by atoms with Crippen molar-refractivity contribution >= 4 is 29.2 Å². The second kappa shape index (κ2) is 6.78. The summed E-state index contributed by atoms with van der Waals surface area (Å²) < 4.78 is 25.2. The van der Waals surface area contributed by atoms with Gasteiger partial charge in [0.1, 0.15) is 17.1 Å². The summed E-state index contributed by atoms with van der Waals surface area (Å²) in [5.41, 5.74) is 1.71. The van der Waals surface area contributed by atoms with Crippen molar-refractivity contribution in [3.63, 3.8) is 0 Å². The van der Waals surface area contributed by atoms with E-state index in [0.717, 1.165) is 11.1 Å². The van der Waals surface area contributed by atoms with Gasteiger partial charge in [-0.15, -0.1) is 0 Å². The van der Waals surface area contributed by atoms with Crippen molar-refractivity contribution in [2.45, 2.75) is 0 Å². The van der Waals surface area contributed by atoms with Crippen molar-refractivity contribution in [2.75, 3.05) is 0 Å². The van der Waals surface area contributed by atoms with Crippen LogP contribution in [0, 0.1) is 10.1 Å². The fourth-order valence-electron chi connectivity index (χ4n) is 1.61. The Morgan fingerprint density at radius 3 is 1.86 bits per heavy atom. The molecule has 2 rings (SSSR count). The first kappa shape index (κ1) is 14.9. The summed E-state index contributed by atoms with van der Waals surface area (Å²) in [5.74, 6) is 0.232. The van der Waals surface area contributed by atoms with Crippen LogP contribution in [0.1, 0.15) is 11.1 Å². The van der Waals surface area contributed by atoms with Crippen molar-refractivity contribution in [1.82, 2.24) is 0 Å². The van der Waals surface area contributed by atoms with E-state index in [9.17, 15) is 18.9 Å². The van der Waals surface area contributed by atoms with E-state index in [4.69, 9.17) is 0 Å². The van der Waals surface area contributed by atoms with Gasteiger partial charge in [-0.05, 0) is 35.4 Å². The van der Waals surface area contributed by atoms with Crippen LogP contribution in [0.25, 0.3) is 12.2 Å². The molecule has 108 valence electrons. The molecule has 0 N–H and O–H groups in total. The van der Waals surface area contributed by atoms with E-state index < -0.39 is 16.3 Å². The molecule has 0 aromatic heterocycles. The predicted octanol–water partition coefficient (Wildman–Crippen LogP) is 2.94. The van der Waals surface area contributed by atoms with E-state index in [1.165, 1.54) is 24.3 Å². The summed E-state index contributed by atoms with van der Waals surface area (Å²) in [4.78, 5) is 10.1. The van der Waals surface area contributed by atoms with Gasteiger partial charge < -0.3 is 8.74 Å². The van der Waals surface area contributed by atoms with Crippen molar-refractivity contribution < 1.29 is 17.9 Å². The molecule has 1 atom stereocenters. The third-order valence-electron chi connectivity index (χ3n) is 2.62. The Balaban J connectivity index is 2.06. The topological polar surface area (TPSA) is 92.5 Å². The molecule has 0 saturated carbocycles. The second-order valence-corrected chi connectivity index (χ2v) is 4.61. The molecular weight excluding hydrogens is 294 g/mol. The van der Waals surface area contributed by atoms with E-state index in [2.05, 4.69) is 4.18 Å². The van der Waals surface area contributed by atoms with Gasteiger partial charge in [0.25, 0.3) is 5.69 Å². The Kier molecular flexibility index (Phi) is 4.81. The van der Waals surface area contributed by atoms with Gasteiger partial charge in [-0.3, -0.25) is 10.1 Å². The van der Waals surface area contributed by atoms with Crippen molar-refractivity contribution in [3.8, 4) is 5.75 Å². The Hall–Kier alpha value is -2.51. The predicted molar refractivity (Wildman–Crippen MR) is 78.0 cm³/mol. The molecular formula is C14H10NO5S-. The molecule has 0 aliphatic rings. The van der Waals surface area contributed by atoms with Gasteiger partial charge in [0.2, 0.25) is 0 Å².